The molecule has 7 nitrogen and oxygen atoms in total. The van der Waals surface area contributed by atoms with E-state index in [1.807, 2.05) is 26.0 Å². The summed E-state index contributed by atoms with van der Waals surface area (Å²) in [5, 5.41) is 9.59. The molecule has 0 saturated carbocycles. The quantitative estimate of drug-likeness (QED) is 0.226. The van der Waals surface area contributed by atoms with Crippen LogP contribution in [0.1, 0.15) is 58.1 Å². The highest BCUT2D eigenvalue weighted by atomic mass is 127. The Kier molecular flexibility index (Phi) is 13.6. The highest BCUT2D eigenvalue weighted by Crippen LogP contribution is 2.31. The highest BCUT2D eigenvalue weighted by molar-refractivity contribution is 14.0. The van der Waals surface area contributed by atoms with Crippen LogP contribution in [0.3, 0.4) is 0 Å². The molecule has 1 heterocycles. The van der Waals surface area contributed by atoms with Crippen molar-refractivity contribution < 1.29 is 9.53 Å². The lowest BCUT2D eigenvalue weighted by molar-refractivity contribution is -0.121. The van der Waals surface area contributed by atoms with Gasteiger partial charge >= 0.3 is 0 Å². The zero-order valence-electron chi connectivity index (χ0n) is 19.4. The first-order valence-electron chi connectivity index (χ1n) is 11.3. The number of halogens is 1. The summed E-state index contributed by atoms with van der Waals surface area (Å²) in [5.41, 5.74) is 1.18. The van der Waals surface area contributed by atoms with Crippen molar-refractivity contribution >= 4 is 35.8 Å². The Balaban J connectivity index is 0.00000480. The summed E-state index contributed by atoms with van der Waals surface area (Å²) in [6, 6.07) is 8.60. The van der Waals surface area contributed by atoms with Gasteiger partial charge < -0.3 is 20.7 Å². The lowest BCUT2D eigenvalue weighted by Crippen LogP contribution is -2.41. The summed E-state index contributed by atoms with van der Waals surface area (Å²) in [5.74, 6) is 1.72. The number of carbonyl (C=O) groups is 1. The van der Waals surface area contributed by atoms with Gasteiger partial charge in [0.1, 0.15) is 5.75 Å². The first-order valence-corrected chi connectivity index (χ1v) is 11.3. The van der Waals surface area contributed by atoms with Crippen LogP contribution in [-0.2, 0) is 4.79 Å². The van der Waals surface area contributed by atoms with E-state index < -0.39 is 0 Å². The van der Waals surface area contributed by atoms with Gasteiger partial charge in [0.15, 0.2) is 5.96 Å². The Hall–Kier alpha value is -1.55. The molecular formula is C23H40IN5O2. The third-order valence-corrected chi connectivity index (χ3v) is 5.51. The van der Waals surface area contributed by atoms with Crippen molar-refractivity contribution in [2.45, 2.75) is 58.5 Å². The molecule has 0 radical (unpaired) electrons. The topological polar surface area (TPSA) is 78.0 Å². The fourth-order valence-electron chi connectivity index (χ4n) is 3.67. The van der Waals surface area contributed by atoms with Gasteiger partial charge in [-0.05, 0) is 52.3 Å². The molecule has 176 valence electrons. The van der Waals surface area contributed by atoms with Crippen LogP contribution in [0.2, 0.25) is 0 Å². The summed E-state index contributed by atoms with van der Waals surface area (Å²) in [7, 11) is 1.72. The summed E-state index contributed by atoms with van der Waals surface area (Å²) >= 11 is 0. The zero-order valence-corrected chi connectivity index (χ0v) is 21.8. The van der Waals surface area contributed by atoms with E-state index in [4.69, 9.17) is 9.73 Å². The Morgan fingerprint density at radius 2 is 1.90 bits per heavy atom. The van der Waals surface area contributed by atoms with Gasteiger partial charge in [-0.15, -0.1) is 24.0 Å². The third-order valence-electron chi connectivity index (χ3n) is 5.51. The number of aliphatic imine (C=N–C) groups is 1. The molecular weight excluding hydrogens is 505 g/mol. The van der Waals surface area contributed by atoms with Crippen LogP contribution in [0.25, 0.3) is 0 Å². The summed E-state index contributed by atoms with van der Waals surface area (Å²) in [4.78, 5) is 19.4. The maximum atomic E-state index is 12.0. The van der Waals surface area contributed by atoms with Crippen molar-refractivity contribution in [2.24, 2.45) is 4.99 Å². The molecule has 8 heteroatoms. The monoisotopic (exact) mass is 545 g/mol. The fraction of sp³-hybridized carbons (Fsp3) is 0.652. The van der Waals surface area contributed by atoms with E-state index in [1.54, 1.807) is 7.11 Å². The number of methoxy groups -OCH3 is 1. The first-order chi connectivity index (χ1) is 14.6. The molecule has 0 aromatic heterocycles. The number of rotatable bonds is 11. The van der Waals surface area contributed by atoms with Crippen molar-refractivity contribution in [1.82, 2.24) is 20.9 Å². The molecule has 3 N–H and O–H groups in total. The number of hydrogen-bond donors (Lipinski definition) is 3. The van der Waals surface area contributed by atoms with Crippen molar-refractivity contribution in [3.05, 3.63) is 29.8 Å². The minimum absolute atomic E-state index is 0. The maximum absolute atomic E-state index is 12.0. The minimum atomic E-state index is 0. The SMILES string of the molecule is CCNC(=NCC(c1ccccc1OC)N1CCCC1)NCCC(=O)NC(C)CC.I. The van der Waals surface area contributed by atoms with E-state index in [0.29, 0.717) is 19.5 Å². The van der Waals surface area contributed by atoms with Crippen LogP contribution in [0.15, 0.2) is 29.3 Å². The fourth-order valence-corrected chi connectivity index (χ4v) is 3.67. The van der Waals surface area contributed by atoms with E-state index >= 15 is 0 Å². The second-order valence-electron chi connectivity index (χ2n) is 7.77. The van der Waals surface area contributed by atoms with Gasteiger partial charge in [0, 0.05) is 31.1 Å². The molecule has 1 fully saturated rings. The normalized spacial score (nSPS) is 16.2. The van der Waals surface area contributed by atoms with Crippen LogP contribution in [0.5, 0.6) is 5.75 Å². The molecule has 2 unspecified atom stereocenters. The molecule has 2 rings (SSSR count). The molecule has 0 spiro atoms. The van der Waals surface area contributed by atoms with E-state index in [-0.39, 0.29) is 42.0 Å². The van der Waals surface area contributed by atoms with Crippen LogP contribution in [-0.4, -0.2) is 62.6 Å². The van der Waals surface area contributed by atoms with Crippen LogP contribution >= 0.6 is 24.0 Å². The number of para-hydroxylation sites is 1. The largest absolute Gasteiger partial charge is 0.496 e. The summed E-state index contributed by atoms with van der Waals surface area (Å²) < 4.78 is 5.62. The van der Waals surface area contributed by atoms with Gasteiger partial charge in [-0.3, -0.25) is 14.7 Å². The van der Waals surface area contributed by atoms with Gasteiger partial charge in [-0.1, -0.05) is 25.1 Å². The van der Waals surface area contributed by atoms with Crippen LogP contribution < -0.4 is 20.7 Å². The molecule has 1 aliphatic heterocycles. The van der Waals surface area contributed by atoms with E-state index in [1.165, 1.54) is 18.4 Å². The number of benzene rings is 1. The van der Waals surface area contributed by atoms with Gasteiger partial charge in [0.05, 0.1) is 19.7 Å². The van der Waals surface area contributed by atoms with E-state index in [9.17, 15) is 4.79 Å². The van der Waals surface area contributed by atoms with Crippen molar-refractivity contribution in [3.8, 4) is 5.75 Å². The van der Waals surface area contributed by atoms with Crippen LogP contribution in [0, 0.1) is 0 Å². The minimum Gasteiger partial charge on any atom is -0.496 e. The number of likely N-dealkylation sites (tertiary alicyclic amines) is 1. The molecule has 1 aromatic carbocycles. The number of guanidine groups is 1. The molecule has 1 aromatic rings. The maximum Gasteiger partial charge on any atom is 0.221 e. The Bertz CT molecular complexity index is 680. The average molecular weight is 546 g/mol. The lowest BCUT2D eigenvalue weighted by atomic mass is 10.0. The van der Waals surface area contributed by atoms with E-state index in [2.05, 4.69) is 39.9 Å². The average Bonchev–Trinajstić information content (AvgIpc) is 3.28. The summed E-state index contributed by atoms with van der Waals surface area (Å²) in [6.45, 7) is 10.3. The van der Waals surface area contributed by atoms with Gasteiger partial charge in [0.2, 0.25) is 5.91 Å². The number of amides is 1. The number of nitrogens with one attached hydrogen (secondary N) is 3. The number of hydrogen-bond acceptors (Lipinski definition) is 4. The Morgan fingerprint density at radius 1 is 1.19 bits per heavy atom. The van der Waals surface area contributed by atoms with Gasteiger partial charge in [-0.25, -0.2) is 0 Å². The second-order valence-corrected chi connectivity index (χ2v) is 7.77. The predicted octanol–water partition coefficient (Wildman–Crippen LogP) is 3.31. The molecule has 2 atom stereocenters. The number of ether oxygens (including phenoxy) is 1. The van der Waals surface area contributed by atoms with E-state index in [0.717, 1.165) is 37.8 Å². The molecule has 0 aliphatic carbocycles. The molecule has 1 aliphatic rings. The number of carbonyl (C=O) groups excluding carboxylic acids is 1. The Morgan fingerprint density at radius 3 is 2.55 bits per heavy atom. The Labute approximate surface area is 204 Å². The van der Waals surface area contributed by atoms with Gasteiger partial charge in [-0.2, -0.15) is 0 Å². The highest BCUT2D eigenvalue weighted by Gasteiger charge is 2.25. The molecule has 1 amide bonds. The van der Waals surface area contributed by atoms with Crippen molar-refractivity contribution in [2.75, 3.05) is 39.8 Å². The van der Waals surface area contributed by atoms with Crippen molar-refractivity contribution in [3.63, 3.8) is 0 Å². The molecule has 1 saturated heterocycles. The zero-order chi connectivity index (χ0) is 21.8. The van der Waals surface area contributed by atoms with Crippen LogP contribution in [0.4, 0.5) is 0 Å². The molecule has 31 heavy (non-hydrogen) atoms. The first kappa shape index (κ1) is 27.5. The third kappa shape index (κ3) is 9.22. The lowest BCUT2D eigenvalue weighted by Gasteiger charge is -2.28. The van der Waals surface area contributed by atoms with Crippen molar-refractivity contribution in [1.29, 1.82) is 0 Å². The second kappa shape index (κ2) is 15.3. The standard InChI is InChI=1S/C23H39N5O2.HI/c1-5-18(3)27-22(29)13-14-25-23(24-6-2)26-17-20(28-15-9-10-16-28)19-11-7-8-12-21(19)30-4;/h7-8,11-12,18,20H,5-6,9-10,13-17H2,1-4H3,(H,27,29)(H2,24,25,26);1H. The van der Waals surface area contributed by atoms with Gasteiger partial charge in [0.25, 0.3) is 0 Å². The smallest absolute Gasteiger partial charge is 0.221 e. The molecule has 0 bridgehead atoms. The number of nitrogens with zero attached hydrogens (tertiary/aromatic N) is 2. The predicted molar refractivity (Wildman–Crippen MR) is 138 cm³/mol. The summed E-state index contributed by atoms with van der Waals surface area (Å²) in [6.07, 6.45) is 3.80.